The highest BCUT2D eigenvalue weighted by molar-refractivity contribution is 5.57. The first-order valence-electron chi connectivity index (χ1n) is 5.35. The van der Waals surface area contributed by atoms with E-state index in [1.165, 1.54) is 12.8 Å². The lowest BCUT2D eigenvalue weighted by Gasteiger charge is -2.13. The first-order valence-corrected chi connectivity index (χ1v) is 5.35. The first-order chi connectivity index (χ1) is 7.20. The van der Waals surface area contributed by atoms with E-state index in [1.54, 1.807) is 12.3 Å². The van der Waals surface area contributed by atoms with E-state index in [9.17, 15) is 0 Å². The van der Waals surface area contributed by atoms with Crippen LogP contribution in [-0.4, -0.2) is 4.98 Å². The number of hydrogen-bond donors (Lipinski definition) is 1. The Morgan fingerprint density at radius 2 is 2.33 bits per heavy atom. The maximum absolute atomic E-state index is 8.84. The molecular weight excluding hydrogens is 186 g/mol. The normalized spacial score (nSPS) is 12.1. The molecule has 0 saturated carbocycles. The van der Waals surface area contributed by atoms with Crippen LogP contribution < -0.4 is 5.73 Å². The number of nitrogens with two attached hydrogens (primary N) is 1. The molecule has 0 aliphatic rings. The van der Waals surface area contributed by atoms with Crippen molar-refractivity contribution in [1.29, 1.82) is 5.26 Å². The van der Waals surface area contributed by atoms with Crippen LogP contribution >= 0.6 is 0 Å². The largest absolute Gasteiger partial charge is 0.396 e. The molecule has 0 saturated heterocycles. The fraction of sp³-hybridized carbons (Fsp3) is 0.500. The highest BCUT2D eigenvalue weighted by Gasteiger charge is 2.12. The first kappa shape index (κ1) is 11.5. The molecule has 1 atom stereocenters. The van der Waals surface area contributed by atoms with E-state index in [4.69, 9.17) is 11.0 Å². The Labute approximate surface area is 90.9 Å². The van der Waals surface area contributed by atoms with Crippen molar-refractivity contribution >= 4 is 5.69 Å². The van der Waals surface area contributed by atoms with Crippen LogP contribution in [0, 0.1) is 11.3 Å². The molecular formula is C12H17N3. The molecule has 0 spiro atoms. The Kier molecular flexibility index (Phi) is 4.11. The molecule has 3 heteroatoms. The van der Waals surface area contributed by atoms with E-state index in [0.717, 1.165) is 12.1 Å². The number of nitriles is 1. The minimum absolute atomic E-state index is 0.332. The van der Waals surface area contributed by atoms with Crippen molar-refractivity contribution in [3.05, 3.63) is 23.5 Å². The lowest BCUT2D eigenvalue weighted by atomic mass is 9.97. The molecule has 15 heavy (non-hydrogen) atoms. The molecule has 0 aromatic carbocycles. The van der Waals surface area contributed by atoms with E-state index < -0.39 is 0 Å². The van der Waals surface area contributed by atoms with Crippen LogP contribution in [0.2, 0.25) is 0 Å². The third-order valence-corrected chi connectivity index (χ3v) is 2.60. The molecule has 0 fully saturated rings. The fourth-order valence-electron chi connectivity index (χ4n) is 1.63. The summed E-state index contributed by atoms with van der Waals surface area (Å²) in [4.78, 5) is 4.26. The number of pyridine rings is 1. The molecule has 2 N–H and O–H groups in total. The Bertz CT molecular complexity index is 366. The van der Waals surface area contributed by atoms with Gasteiger partial charge in [-0.25, -0.2) is 0 Å². The summed E-state index contributed by atoms with van der Waals surface area (Å²) in [6.07, 6.45) is 5.07. The zero-order valence-corrected chi connectivity index (χ0v) is 9.33. The molecule has 1 aromatic heterocycles. The maximum Gasteiger partial charge on any atom is 0.101 e. The van der Waals surface area contributed by atoms with Crippen molar-refractivity contribution < 1.29 is 0 Å². The topological polar surface area (TPSA) is 62.7 Å². The van der Waals surface area contributed by atoms with Gasteiger partial charge in [0.05, 0.1) is 16.9 Å². The summed E-state index contributed by atoms with van der Waals surface area (Å²) >= 11 is 0. The molecule has 1 rings (SSSR count). The summed E-state index contributed by atoms with van der Waals surface area (Å²) in [6, 6.07) is 3.74. The van der Waals surface area contributed by atoms with Crippen LogP contribution in [0.5, 0.6) is 0 Å². The number of anilines is 1. The Morgan fingerprint density at radius 1 is 1.60 bits per heavy atom. The summed E-state index contributed by atoms with van der Waals surface area (Å²) in [7, 11) is 0. The summed E-state index contributed by atoms with van der Waals surface area (Å²) in [5.41, 5.74) is 7.82. The molecule has 0 bridgehead atoms. The van der Waals surface area contributed by atoms with Crippen LogP contribution in [0.25, 0.3) is 0 Å². The van der Waals surface area contributed by atoms with Gasteiger partial charge < -0.3 is 5.73 Å². The van der Waals surface area contributed by atoms with Gasteiger partial charge in [0.25, 0.3) is 0 Å². The number of unbranched alkanes of at least 4 members (excludes halogenated alkanes) is 1. The number of aromatic nitrogens is 1. The molecule has 0 aliphatic heterocycles. The predicted octanol–water partition coefficient (Wildman–Crippen LogP) is 2.83. The highest BCUT2D eigenvalue weighted by atomic mass is 14.7. The van der Waals surface area contributed by atoms with Crippen molar-refractivity contribution in [3.63, 3.8) is 0 Å². The number of hydrogen-bond acceptors (Lipinski definition) is 3. The Hall–Kier alpha value is -1.56. The van der Waals surface area contributed by atoms with E-state index in [1.807, 2.05) is 0 Å². The van der Waals surface area contributed by atoms with Gasteiger partial charge in [-0.2, -0.15) is 5.26 Å². The molecule has 0 amide bonds. The third kappa shape index (κ3) is 2.69. The third-order valence-electron chi connectivity index (χ3n) is 2.60. The standard InChI is InChI=1S/C12H17N3/c1-3-4-5-9(2)12-11(14)10(8-13)6-7-15-12/h6-7,9H,3-5,14H2,1-2H3. The summed E-state index contributed by atoms with van der Waals surface area (Å²) in [6.45, 7) is 4.27. The van der Waals surface area contributed by atoms with Crippen LogP contribution in [0.1, 0.15) is 50.3 Å². The van der Waals surface area contributed by atoms with Crippen LogP contribution in [0.15, 0.2) is 12.3 Å². The molecule has 80 valence electrons. The van der Waals surface area contributed by atoms with Crippen molar-refractivity contribution in [2.75, 3.05) is 5.73 Å². The average molecular weight is 203 g/mol. The van der Waals surface area contributed by atoms with Gasteiger partial charge in [0.15, 0.2) is 0 Å². The van der Waals surface area contributed by atoms with E-state index >= 15 is 0 Å². The highest BCUT2D eigenvalue weighted by Crippen LogP contribution is 2.26. The van der Waals surface area contributed by atoms with Crippen molar-refractivity contribution in [1.82, 2.24) is 4.98 Å². The molecule has 3 nitrogen and oxygen atoms in total. The summed E-state index contributed by atoms with van der Waals surface area (Å²) in [5.74, 6) is 0.332. The lowest BCUT2D eigenvalue weighted by molar-refractivity contribution is 0.613. The number of nitrogen functional groups attached to an aromatic ring is 1. The SMILES string of the molecule is CCCCC(C)c1nccc(C#N)c1N. The van der Waals surface area contributed by atoms with Gasteiger partial charge in [0.2, 0.25) is 0 Å². The second-order valence-electron chi connectivity index (χ2n) is 3.81. The molecule has 1 unspecified atom stereocenters. The van der Waals surface area contributed by atoms with E-state index in [-0.39, 0.29) is 0 Å². The minimum Gasteiger partial charge on any atom is -0.396 e. The molecule has 0 aliphatic carbocycles. The molecule has 1 heterocycles. The summed E-state index contributed by atoms with van der Waals surface area (Å²) in [5, 5.41) is 8.84. The second kappa shape index (κ2) is 5.35. The number of nitrogens with zero attached hydrogens (tertiary/aromatic N) is 2. The van der Waals surface area contributed by atoms with Crippen molar-refractivity contribution in [2.24, 2.45) is 0 Å². The summed E-state index contributed by atoms with van der Waals surface area (Å²) < 4.78 is 0. The smallest absolute Gasteiger partial charge is 0.101 e. The lowest BCUT2D eigenvalue weighted by Crippen LogP contribution is -2.04. The van der Waals surface area contributed by atoms with Gasteiger partial charge in [-0.1, -0.05) is 26.7 Å². The van der Waals surface area contributed by atoms with Gasteiger partial charge >= 0.3 is 0 Å². The van der Waals surface area contributed by atoms with Gasteiger partial charge in [0, 0.05) is 12.1 Å². The van der Waals surface area contributed by atoms with Crippen molar-refractivity contribution in [2.45, 2.75) is 39.0 Å². The second-order valence-corrected chi connectivity index (χ2v) is 3.81. The quantitative estimate of drug-likeness (QED) is 0.818. The molecule has 1 aromatic rings. The van der Waals surface area contributed by atoms with Gasteiger partial charge in [-0.3, -0.25) is 4.98 Å². The maximum atomic E-state index is 8.84. The fourth-order valence-corrected chi connectivity index (χ4v) is 1.63. The monoisotopic (exact) mass is 203 g/mol. The predicted molar refractivity (Wildman–Crippen MR) is 61.3 cm³/mol. The average Bonchev–Trinajstić information content (AvgIpc) is 2.26. The van der Waals surface area contributed by atoms with Gasteiger partial charge in [0.1, 0.15) is 6.07 Å². The zero-order valence-electron chi connectivity index (χ0n) is 9.33. The van der Waals surface area contributed by atoms with Gasteiger partial charge in [-0.15, -0.1) is 0 Å². The van der Waals surface area contributed by atoms with Crippen LogP contribution in [0.3, 0.4) is 0 Å². The van der Waals surface area contributed by atoms with E-state index in [2.05, 4.69) is 24.9 Å². The van der Waals surface area contributed by atoms with Gasteiger partial charge in [-0.05, 0) is 12.5 Å². The van der Waals surface area contributed by atoms with Crippen molar-refractivity contribution in [3.8, 4) is 6.07 Å². The van der Waals surface area contributed by atoms with E-state index in [0.29, 0.717) is 17.2 Å². The molecule has 0 radical (unpaired) electrons. The Morgan fingerprint density at radius 3 is 2.93 bits per heavy atom. The van der Waals surface area contributed by atoms with Crippen LogP contribution in [0.4, 0.5) is 5.69 Å². The Balaban J connectivity index is 2.90. The zero-order chi connectivity index (χ0) is 11.3. The number of rotatable bonds is 4. The minimum atomic E-state index is 0.332. The van der Waals surface area contributed by atoms with Crippen LogP contribution in [-0.2, 0) is 0 Å².